The van der Waals surface area contributed by atoms with Crippen molar-refractivity contribution in [2.75, 3.05) is 26.2 Å². The van der Waals surface area contributed by atoms with Gasteiger partial charge in [0.15, 0.2) is 10.8 Å². The number of carboxylic acids is 1. The lowest BCUT2D eigenvalue weighted by Gasteiger charge is -2.46. The Kier molecular flexibility index (Phi) is 8.28. The van der Waals surface area contributed by atoms with Crippen LogP contribution in [-0.2, 0) is 14.3 Å². The van der Waals surface area contributed by atoms with Gasteiger partial charge in [-0.1, -0.05) is 44.5 Å². The van der Waals surface area contributed by atoms with Crippen LogP contribution in [0.15, 0.2) is 46.0 Å². The number of aliphatic imine (C=N–C) groups is 1. The number of nitrogens with zero attached hydrogens (tertiary/aromatic N) is 4. The van der Waals surface area contributed by atoms with E-state index in [0.717, 1.165) is 0 Å². The van der Waals surface area contributed by atoms with Gasteiger partial charge in [-0.15, -0.1) is 11.3 Å². The third kappa shape index (κ3) is 5.48. The number of rotatable bonds is 7. The number of carbonyl (C=O) groups is 3. The van der Waals surface area contributed by atoms with Gasteiger partial charge in [-0.3, -0.25) is 14.7 Å². The van der Waals surface area contributed by atoms with Gasteiger partial charge >= 0.3 is 18.0 Å². The van der Waals surface area contributed by atoms with Gasteiger partial charge in [-0.25, -0.2) is 19.0 Å². The number of urea groups is 1. The van der Waals surface area contributed by atoms with Crippen LogP contribution < -0.4 is 10.6 Å². The van der Waals surface area contributed by atoms with Crippen molar-refractivity contribution >= 4 is 46.7 Å². The highest BCUT2D eigenvalue weighted by Gasteiger charge is 2.54. The van der Waals surface area contributed by atoms with Crippen LogP contribution in [0.1, 0.15) is 44.3 Å². The number of nitrogens with one attached hydrogen (secondary N) is 2. The number of fused-ring (bicyclic) bond motifs is 1. The molecule has 1 aromatic carbocycles. The number of esters is 1. The standard InChI is InChI=1S/C28H32ClFN6O5S/c1-5-41-26(39)17-16(13-35-10-11-36-20(21(35)25(37)38)22(28(2,3)4)34-27(36)40)32-23(24-31-9-12-42-24)33-19(17)14-7-6-8-15(30)18(14)29/h6-9,12,19-22H,5,10-11,13H2,1-4H3,(H,32,33)(H,34,40)(H,37,38)/t19-,20-,21-,22?/m0/s1. The molecule has 0 aliphatic carbocycles. The molecule has 0 spiro atoms. The van der Waals surface area contributed by atoms with Gasteiger partial charge in [0.1, 0.15) is 17.9 Å². The third-order valence-corrected chi connectivity index (χ3v) is 8.84. The predicted molar refractivity (Wildman–Crippen MR) is 155 cm³/mol. The Balaban J connectivity index is 1.62. The number of carboxylic acid groups (broad SMARTS) is 1. The molecular formula is C28H32ClFN6O5S. The van der Waals surface area contributed by atoms with E-state index in [4.69, 9.17) is 21.3 Å². The molecule has 2 saturated heterocycles. The number of hydrogen-bond acceptors (Lipinski definition) is 9. The van der Waals surface area contributed by atoms with E-state index in [1.165, 1.54) is 23.5 Å². The normalized spacial score (nSPS) is 24.6. The minimum Gasteiger partial charge on any atom is -0.480 e. The molecule has 42 heavy (non-hydrogen) atoms. The van der Waals surface area contributed by atoms with Crippen LogP contribution in [0.25, 0.3) is 0 Å². The van der Waals surface area contributed by atoms with Gasteiger partial charge in [-0.05, 0) is 18.4 Å². The van der Waals surface area contributed by atoms with E-state index in [9.17, 15) is 23.9 Å². The highest BCUT2D eigenvalue weighted by Crippen LogP contribution is 2.39. The number of amides is 2. The summed E-state index contributed by atoms with van der Waals surface area (Å²) in [5.74, 6) is -2.13. The molecule has 11 nitrogen and oxygen atoms in total. The summed E-state index contributed by atoms with van der Waals surface area (Å²) in [5, 5.41) is 18.8. The van der Waals surface area contributed by atoms with Crippen LogP contribution in [-0.4, -0.2) is 88.1 Å². The maximum Gasteiger partial charge on any atom is 0.338 e. The number of aliphatic carboxylic acids is 1. The van der Waals surface area contributed by atoms with Crippen molar-refractivity contribution < 1.29 is 28.6 Å². The Morgan fingerprint density at radius 3 is 2.69 bits per heavy atom. The summed E-state index contributed by atoms with van der Waals surface area (Å²) in [5.41, 5.74) is 0.256. The molecular weight excluding hydrogens is 587 g/mol. The van der Waals surface area contributed by atoms with Gasteiger partial charge < -0.3 is 25.4 Å². The lowest BCUT2D eigenvalue weighted by atomic mass is 9.79. The van der Waals surface area contributed by atoms with Crippen LogP contribution in [0.2, 0.25) is 5.02 Å². The fraction of sp³-hybridized carbons (Fsp3) is 0.464. The van der Waals surface area contributed by atoms with Gasteiger partial charge in [0.25, 0.3) is 0 Å². The average molecular weight is 619 g/mol. The summed E-state index contributed by atoms with van der Waals surface area (Å²) in [6.45, 7) is 8.10. The van der Waals surface area contributed by atoms with Gasteiger partial charge in [-0.2, -0.15) is 0 Å². The lowest BCUT2D eigenvalue weighted by molar-refractivity contribution is -0.148. The van der Waals surface area contributed by atoms with Crippen molar-refractivity contribution in [2.24, 2.45) is 10.4 Å². The van der Waals surface area contributed by atoms with E-state index in [1.807, 2.05) is 20.8 Å². The quantitative estimate of drug-likeness (QED) is 0.402. The van der Waals surface area contributed by atoms with Crippen molar-refractivity contribution in [3.8, 4) is 0 Å². The third-order valence-electron chi connectivity index (χ3n) is 7.67. The molecule has 1 unspecified atom stereocenters. The molecule has 4 atom stereocenters. The summed E-state index contributed by atoms with van der Waals surface area (Å²) < 4.78 is 20.0. The van der Waals surface area contributed by atoms with Crippen LogP contribution in [0.4, 0.5) is 9.18 Å². The zero-order valence-corrected chi connectivity index (χ0v) is 25.1. The first-order chi connectivity index (χ1) is 19.9. The molecule has 2 amide bonds. The zero-order chi connectivity index (χ0) is 30.3. The number of carbonyl (C=O) groups excluding carboxylic acids is 2. The molecule has 0 radical (unpaired) electrons. The second-order valence-corrected chi connectivity index (χ2v) is 12.6. The van der Waals surface area contributed by atoms with Crippen molar-refractivity contribution in [1.82, 2.24) is 25.4 Å². The highest BCUT2D eigenvalue weighted by atomic mass is 35.5. The zero-order valence-electron chi connectivity index (χ0n) is 23.6. The van der Waals surface area contributed by atoms with Gasteiger partial charge in [0, 0.05) is 42.5 Å². The monoisotopic (exact) mass is 618 g/mol. The molecule has 5 rings (SSSR count). The largest absolute Gasteiger partial charge is 0.480 e. The Morgan fingerprint density at radius 1 is 1.29 bits per heavy atom. The Morgan fingerprint density at radius 2 is 2.05 bits per heavy atom. The topological polar surface area (TPSA) is 136 Å². The Bertz CT molecular complexity index is 1460. The van der Waals surface area contributed by atoms with E-state index in [2.05, 4.69) is 15.6 Å². The molecule has 2 aromatic rings. The smallest absolute Gasteiger partial charge is 0.338 e. The molecule has 224 valence electrons. The maximum absolute atomic E-state index is 14.6. The van der Waals surface area contributed by atoms with Crippen molar-refractivity contribution in [3.63, 3.8) is 0 Å². The summed E-state index contributed by atoms with van der Waals surface area (Å²) in [7, 11) is 0. The maximum atomic E-state index is 14.6. The SMILES string of the molecule is CCOC(=O)C1=C(CN2CCN3C(=O)NC(C(C)(C)C)[C@@H]3[C@H]2C(=O)O)NC(c2nccs2)=N[C@H]1c1cccc(F)c1Cl. The minimum absolute atomic E-state index is 0.0195. The summed E-state index contributed by atoms with van der Waals surface area (Å²) >= 11 is 7.71. The number of hydrogen-bond donors (Lipinski definition) is 3. The van der Waals surface area contributed by atoms with Crippen LogP contribution in [0, 0.1) is 11.2 Å². The number of thiazole rings is 1. The fourth-order valence-corrected chi connectivity index (χ4v) is 6.62. The summed E-state index contributed by atoms with van der Waals surface area (Å²) in [4.78, 5) is 51.6. The molecule has 4 heterocycles. The second kappa shape index (κ2) is 11.6. The summed E-state index contributed by atoms with van der Waals surface area (Å²) in [6, 6.07) is 0.762. The number of benzene rings is 1. The number of aromatic nitrogens is 1. The van der Waals surface area contributed by atoms with Crippen molar-refractivity contribution in [3.05, 3.63) is 62.5 Å². The molecule has 0 saturated carbocycles. The number of piperazine rings is 1. The fourth-order valence-electron chi connectivity index (χ4n) is 5.80. The highest BCUT2D eigenvalue weighted by molar-refractivity contribution is 7.11. The van der Waals surface area contributed by atoms with E-state index in [-0.39, 0.29) is 41.9 Å². The lowest BCUT2D eigenvalue weighted by Crippen LogP contribution is -2.65. The molecule has 0 bridgehead atoms. The first-order valence-electron chi connectivity index (χ1n) is 13.5. The number of amidine groups is 1. The number of halogens is 2. The second-order valence-electron chi connectivity index (χ2n) is 11.3. The van der Waals surface area contributed by atoms with Gasteiger partial charge in [0.05, 0.1) is 29.3 Å². The molecule has 2 fully saturated rings. The Labute approximate surface area is 251 Å². The Hall–Kier alpha value is -3.55. The molecule has 14 heteroatoms. The van der Waals surface area contributed by atoms with E-state index < -0.39 is 47.3 Å². The van der Waals surface area contributed by atoms with E-state index in [1.54, 1.807) is 34.4 Å². The van der Waals surface area contributed by atoms with Crippen LogP contribution in [0.3, 0.4) is 0 Å². The average Bonchev–Trinajstić information content (AvgIpc) is 3.58. The minimum atomic E-state index is -1.09. The predicted octanol–water partition coefficient (Wildman–Crippen LogP) is 3.42. The van der Waals surface area contributed by atoms with Crippen LogP contribution >= 0.6 is 22.9 Å². The first kappa shape index (κ1) is 29.9. The van der Waals surface area contributed by atoms with Gasteiger partial charge in [0.2, 0.25) is 0 Å². The number of ether oxygens (including phenoxy) is 1. The van der Waals surface area contributed by atoms with E-state index >= 15 is 0 Å². The van der Waals surface area contributed by atoms with Crippen LogP contribution in [0.5, 0.6) is 0 Å². The summed E-state index contributed by atoms with van der Waals surface area (Å²) in [6.07, 6.45) is 1.61. The molecule has 1 aromatic heterocycles. The molecule has 3 aliphatic heterocycles. The first-order valence-corrected chi connectivity index (χ1v) is 14.8. The van der Waals surface area contributed by atoms with E-state index in [0.29, 0.717) is 23.1 Å². The van der Waals surface area contributed by atoms with Crippen molar-refractivity contribution in [1.29, 1.82) is 0 Å². The molecule has 3 N–H and O–H groups in total. The van der Waals surface area contributed by atoms with Crippen molar-refractivity contribution in [2.45, 2.75) is 51.9 Å². The molecule has 3 aliphatic rings.